The number of methoxy groups -OCH3 is 1. The smallest absolute Gasteiger partial charge is 0.320 e. The van der Waals surface area contributed by atoms with Crippen molar-refractivity contribution in [2.24, 2.45) is 0 Å². The Balaban J connectivity index is 1.65. The molecule has 0 N–H and O–H groups in total. The molecule has 25 heavy (non-hydrogen) atoms. The van der Waals surface area contributed by atoms with Crippen LogP contribution in [0.3, 0.4) is 0 Å². The molecule has 0 spiro atoms. The van der Waals surface area contributed by atoms with Crippen molar-refractivity contribution in [1.82, 2.24) is 4.90 Å². The van der Waals surface area contributed by atoms with E-state index in [1.54, 1.807) is 29.2 Å². The molecule has 1 aliphatic heterocycles. The third-order valence-electron chi connectivity index (χ3n) is 3.90. The Morgan fingerprint density at radius 3 is 2.40 bits per heavy atom. The lowest BCUT2D eigenvalue weighted by molar-refractivity contribution is -0.140. The summed E-state index contributed by atoms with van der Waals surface area (Å²) in [5.41, 5.74) is 0.580. The molecule has 0 radical (unpaired) electrons. The predicted molar refractivity (Wildman–Crippen MR) is 97.1 cm³/mol. The van der Waals surface area contributed by atoms with Gasteiger partial charge in [-0.3, -0.25) is 9.59 Å². The minimum atomic E-state index is -0.316. The van der Waals surface area contributed by atoms with Crippen molar-refractivity contribution in [2.75, 3.05) is 26.0 Å². The average Bonchev–Trinajstić information content (AvgIpc) is 2.68. The summed E-state index contributed by atoms with van der Waals surface area (Å²) in [4.78, 5) is 26.0. The van der Waals surface area contributed by atoms with Gasteiger partial charge in [-0.2, -0.15) is 0 Å². The summed E-state index contributed by atoms with van der Waals surface area (Å²) in [6, 6.07) is 16.5. The molecule has 5 nitrogen and oxygen atoms in total. The zero-order chi connectivity index (χ0) is 17.6. The van der Waals surface area contributed by atoms with E-state index in [1.807, 2.05) is 30.3 Å². The lowest BCUT2D eigenvalue weighted by atomic mass is 10.2. The van der Waals surface area contributed by atoms with E-state index in [-0.39, 0.29) is 17.1 Å². The van der Waals surface area contributed by atoms with Gasteiger partial charge in [0.05, 0.1) is 7.11 Å². The van der Waals surface area contributed by atoms with Gasteiger partial charge in [0.2, 0.25) is 0 Å². The molecule has 0 aliphatic carbocycles. The molecule has 1 fully saturated rings. The number of carbonyl (C=O) groups is 2. The Hall–Kier alpha value is -2.47. The monoisotopic (exact) mass is 357 g/mol. The van der Waals surface area contributed by atoms with Gasteiger partial charge in [0.1, 0.15) is 16.7 Å². The first-order valence-electron chi connectivity index (χ1n) is 7.99. The van der Waals surface area contributed by atoms with Crippen molar-refractivity contribution in [1.29, 1.82) is 0 Å². The minimum Gasteiger partial charge on any atom is -0.468 e. The van der Waals surface area contributed by atoms with Gasteiger partial charge in [-0.05, 0) is 36.4 Å². The number of hydrogen-bond acceptors (Lipinski definition) is 5. The van der Waals surface area contributed by atoms with Crippen LogP contribution in [0.1, 0.15) is 10.4 Å². The van der Waals surface area contributed by atoms with Crippen molar-refractivity contribution in [3.05, 3.63) is 60.2 Å². The van der Waals surface area contributed by atoms with Gasteiger partial charge >= 0.3 is 5.97 Å². The van der Waals surface area contributed by atoms with E-state index < -0.39 is 0 Å². The van der Waals surface area contributed by atoms with E-state index >= 15 is 0 Å². The lowest BCUT2D eigenvalue weighted by Gasteiger charge is -2.31. The molecular formula is C19H19NO4S. The van der Waals surface area contributed by atoms with Crippen LogP contribution in [0.25, 0.3) is 0 Å². The maximum absolute atomic E-state index is 12.6. The van der Waals surface area contributed by atoms with Crippen LogP contribution in [-0.2, 0) is 9.53 Å². The summed E-state index contributed by atoms with van der Waals surface area (Å²) in [6.07, 6.45) is 0. The van der Waals surface area contributed by atoms with E-state index in [4.69, 9.17) is 9.47 Å². The number of benzene rings is 2. The van der Waals surface area contributed by atoms with Gasteiger partial charge in [0, 0.05) is 24.4 Å². The van der Waals surface area contributed by atoms with Crippen molar-refractivity contribution < 1.29 is 19.1 Å². The second-order valence-electron chi connectivity index (χ2n) is 5.57. The normalized spacial score (nSPS) is 17.0. The molecule has 0 unspecified atom stereocenters. The molecular weight excluding hydrogens is 338 g/mol. The van der Waals surface area contributed by atoms with E-state index in [1.165, 1.54) is 18.9 Å². The second kappa shape index (κ2) is 8.07. The topological polar surface area (TPSA) is 55.8 Å². The van der Waals surface area contributed by atoms with Gasteiger partial charge in [0.15, 0.2) is 0 Å². The predicted octanol–water partition coefficient (Wildman–Crippen LogP) is 3.21. The van der Waals surface area contributed by atoms with Crippen LogP contribution in [0, 0.1) is 0 Å². The molecule has 1 amide bonds. The number of amides is 1. The number of ether oxygens (including phenoxy) is 2. The number of rotatable bonds is 4. The second-order valence-corrected chi connectivity index (χ2v) is 6.88. The van der Waals surface area contributed by atoms with Crippen molar-refractivity contribution in [3.8, 4) is 11.5 Å². The van der Waals surface area contributed by atoms with Crippen LogP contribution in [0.4, 0.5) is 0 Å². The Morgan fingerprint density at radius 2 is 1.72 bits per heavy atom. The fourth-order valence-electron chi connectivity index (χ4n) is 2.58. The van der Waals surface area contributed by atoms with E-state index in [9.17, 15) is 9.59 Å². The molecule has 2 aromatic rings. The minimum absolute atomic E-state index is 0.0829. The molecule has 1 atom stereocenters. The van der Waals surface area contributed by atoms with Gasteiger partial charge < -0.3 is 14.4 Å². The molecule has 0 saturated carbocycles. The van der Waals surface area contributed by atoms with Gasteiger partial charge in [0.25, 0.3) is 5.91 Å². The van der Waals surface area contributed by atoms with Crippen LogP contribution < -0.4 is 4.74 Å². The van der Waals surface area contributed by atoms with E-state index in [0.29, 0.717) is 24.4 Å². The maximum atomic E-state index is 12.6. The fraction of sp³-hybridized carbons (Fsp3) is 0.263. The summed E-state index contributed by atoms with van der Waals surface area (Å²) in [5, 5.41) is -0.316. The van der Waals surface area contributed by atoms with Crippen molar-refractivity contribution >= 4 is 23.6 Å². The van der Waals surface area contributed by atoms with Crippen molar-refractivity contribution in [2.45, 2.75) is 5.25 Å². The standard InChI is InChI=1S/C19H19NO4S/c1-23-19(22)17-13-20(11-12-25-17)18(21)14-7-9-16(10-8-14)24-15-5-3-2-4-6-15/h2-10,17H,11-13H2,1H3/t17-/m0/s1. The summed E-state index contributed by atoms with van der Waals surface area (Å²) >= 11 is 1.53. The summed E-state index contributed by atoms with van der Waals surface area (Å²) in [7, 11) is 1.37. The van der Waals surface area contributed by atoms with Crippen LogP contribution in [0.15, 0.2) is 54.6 Å². The van der Waals surface area contributed by atoms with Crippen LogP contribution >= 0.6 is 11.8 Å². The van der Waals surface area contributed by atoms with Gasteiger partial charge in [-0.25, -0.2) is 0 Å². The summed E-state index contributed by atoms with van der Waals surface area (Å²) in [5.74, 6) is 1.77. The Kier molecular flexibility index (Phi) is 5.60. The van der Waals surface area contributed by atoms with Crippen LogP contribution in [-0.4, -0.2) is 48.0 Å². The molecule has 1 heterocycles. The van der Waals surface area contributed by atoms with Crippen LogP contribution in [0.5, 0.6) is 11.5 Å². The van der Waals surface area contributed by atoms with Crippen molar-refractivity contribution in [3.63, 3.8) is 0 Å². The highest BCUT2D eigenvalue weighted by Crippen LogP contribution is 2.24. The number of nitrogens with zero attached hydrogens (tertiary/aromatic N) is 1. The zero-order valence-electron chi connectivity index (χ0n) is 13.9. The van der Waals surface area contributed by atoms with Gasteiger partial charge in [-0.15, -0.1) is 11.8 Å². The third-order valence-corrected chi connectivity index (χ3v) is 5.06. The molecule has 0 bridgehead atoms. The first-order valence-corrected chi connectivity index (χ1v) is 9.04. The highest BCUT2D eigenvalue weighted by atomic mass is 32.2. The van der Waals surface area contributed by atoms with E-state index in [2.05, 4.69) is 0 Å². The molecule has 6 heteroatoms. The average molecular weight is 357 g/mol. The fourth-order valence-corrected chi connectivity index (χ4v) is 3.71. The first-order chi connectivity index (χ1) is 12.2. The lowest BCUT2D eigenvalue weighted by Crippen LogP contribution is -2.44. The first kappa shape index (κ1) is 17.4. The Morgan fingerprint density at radius 1 is 1.04 bits per heavy atom. The quantitative estimate of drug-likeness (QED) is 0.787. The van der Waals surface area contributed by atoms with Gasteiger partial charge in [-0.1, -0.05) is 18.2 Å². The molecule has 1 saturated heterocycles. The largest absolute Gasteiger partial charge is 0.468 e. The number of esters is 1. The molecule has 0 aromatic heterocycles. The Bertz CT molecular complexity index is 733. The number of hydrogen-bond donors (Lipinski definition) is 0. The van der Waals surface area contributed by atoms with E-state index in [0.717, 1.165) is 11.5 Å². The Labute approximate surface area is 150 Å². The number of carbonyl (C=O) groups excluding carboxylic acids is 2. The molecule has 1 aliphatic rings. The molecule has 3 rings (SSSR count). The SMILES string of the molecule is COC(=O)[C@@H]1CN(C(=O)c2ccc(Oc3ccccc3)cc2)CCS1. The molecule has 2 aromatic carbocycles. The number of para-hydroxylation sites is 1. The third kappa shape index (κ3) is 4.33. The highest BCUT2D eigenvalue weighted by Gasteiger charge is 2.30. The highest BCUT2D eigenvalue weighted by molar-refractivity contribution is 8.00. The number of thioether (sulfide) groups is 1. The maximum Gasteiger partial charge on any atom is 0.320 e. The zero-order valence-corrected chi connectivity index (χ0v) is 14.7. The summed E-state index contributed by atoms with van der Waals surface area (Å²) < 4.78 is 10.5. The van der Waals surface area contributed by atoms with Crippen LogP contribution in [0.2, 0.25) is 0 Å². The summed E-state index contributed by atoms with van der Waals surface area (Å²) in [6.45, 7) is 0.998. The molecule has 130 valence electrons.